The van der Waals surface area contributed by atoms with E-state index in [1.165, 1.54) is 6.07 Å². The Bertz CT molecular complexity index is 1200. The van der Waals surface area contributed by atoms with Crippen LogP contribution in [0.2, 0.25) is 0 Å². The van der Waals surface area contributed by atoms with Gasteiger partial charge in [-0.3, -0.25) is 4.68 Å². The van der Waals surface area contributed by atoms with Crippen LogP contribution >= 0.6 is 0 Å². The number of nitrogens with one attached hydrogen (secondary N) is 1. The first-order valence-corrected chi connectivity index (χ1v) is 9.94. The molecule has 1 saturated heterocycles. The van der Waals surface area contributed by atoms with Crippen molar-refractivity contribution < 1.29 is 9.13 Å². The summed E-state index contributed by atoms with van der Waals surface area (Å²) in [7, 11) is 1.93. The Labute approximate surface area is 173 Å². The largest absolute Gasteiger partial charge is 0.378 e. The van der Waals surface area contributed by atoms with E-state index in [9.17, 15) is 4.39 Å². The fourth-order valence-electron chi connectivity index (χ4n) is 3.82. The van der Waals surface area contributed by atoms with Gasteiger partial charge in [0.25, 0.3) is 0 Å². The molecule has 3 heterocycles. The Balaban J connectivity index is 1.42. The van der Waals surface area contributed by atoms with Crippen LogP contribution in [0.5, 0.6) is 0 Å². The normalized spacial score (nSPS) is 14.3. The Morgan fingerprint density at radius 1 is 1.00 bits per heavy atom. The highest BCUT2D eigenvalue weighted by Crippen LogP contribution is 2.28. The number of aromatic nitrogens is 3. The summed E-state index contributed by atoms with van der Waals surface area (Å²) in [6.07, 6.45) is 3.62. The van der Waals surface area contributed by atoms with Gasteiger partial charge in [0.15, 0.2) is 0 Å². The zero-order chi connectivity index (χ0) is 20.5. The predicted molar refractivity (Wildman–Crippen MR) is 117 cm³/mol. The van der Waals surface area contributed by atoms with Crippen LogP contribution in [-0.4, -0.2) is 41.1 Å². The zero-order valence-electron chi connectivity index (χ0n) is 16.7. The maximum absolute atomic E-state index is 14.3. The molecule has 2 aromatic heterocycles. The van der Waals surface area contributed by atoms with Crippen molar-refractivity contribution in [2.75, 3.05) is 36.5 Å². The molecule has 0 unspecified atom stereocenters. The van der Waals surface area contributed by atoms with E-state index >= 15 is 0 Å². The van der Waals surface area contributed by atoms with Gasteiger partial charge in [-0.05, 0) is 53.6 Å². The standard InChI is InChI=1S/C23H22FN5O/c1-28-22-3-2-16(10-18(22)15-26-28)17-4-5-25-23(11-17)27-20-12-19(24)13-21(14-20)29-6-8-30-9-7-29/h2-5,10-15H,6-9H2,1H3,(H,25,27). The van der Waals surface area contributed by atoms with Gasteiger partial charge in [-0.15, -0.1) is 0 Å². The minimum atomic E-state index is -0.278. The molecule has 1 aliphatic heterocycles. The monoisotopic (exact) mass is 403 g/mol. The molecular weight excluding hydrogens is 381 g/mol. The molecule has 6 nitrogen and oxygen atoms in total. The minimum absolute atomic E-state index is 0.278. The molecule has 1 aliphatic rings. The molecule has 30 heavy (non-hydrogen) atoms. The SMILES string of the molecule is Cn1ncc2cc(-c3ccnc(Nc4cc(F)cc(N5CCOCC5)c4)c3)ccc21. The van der Waals surface area contributed by atoms with Crippen molar-refractivity contribution in [3.05, 3.63) is 66.7 Å². The number of hydrogen-bond acceptors (Lipinski definition) is 5. The number of halogens is 1. The van der Waals surface area contributed by atoms with Crippen molar-refractivity contribution in [3.8, 4) is 11.1 Å². The van der Waals surface area contributed by atoms with E-state index in [0.29, 0.717) is 24.7 Å². The van der Waals surface area contributed by atoms with Gasteiger partial charge in [-0.2, -0.15) is 5.10 Å². The second-order valence-electron chi connectivity index (χ2n) is 7.39. The van der Waals surface area contributed by atoms with Gasteiger partial charge in [0.1, 0.15) is 11.6 Å². The lowest BCUT2D eigenvalue weighted by atomic mass is 10.1. The van der Waals surface area contributed by atoms with E-state index in [1.807, 2.05) is 36.1 Å². The van der Waals surface area contributed by atoms with E-state index < -0.39 is 0 Å². The Hall–Kier alpha value is -3.45. The van der Waals surface area contributed by atoms with Crippen LogP contribution in [0.3, 0.4) is 0 Å². The molecule has 0 amide bonds. The van der Waals surface area contributed by atoms with Gasteiger partial charge in [0.05, 0.1) is 24.9 Å². The molecule has 0 bridgehead atoms. The van der Waals surface area contributed by atoms with Gasteiger partial charge >= 0.3 is 0 Å². The van der Waals surface area contributed by atoms with Crippen LogP contribution < -0.4 is 10.2 Å². The molecule has 0 saturated carbocycles. The van der Waals surface area contributed by atoms with E-state index in [0.717, 1.165) is 40.8 Å². The summed E-state index contributed by atoms with van der Waals surface area (Å²) in [6.45, 7) is 2.83. The average molecular weight is 403 g/mol. The van der Waals surface area contributed by atoms with Gasteiger partial charge in [0.2, 0.25) is 0 Å². The number of morpholine rings is 1. The predicted octanol–water partition coefficient (Wildman–Crippen LogP) is 4.35. The fourth-order valence-corrected chi connectivity index (χ4v) is 3.82. The number of anilines is 3. The Morgan fingerprint density at radius 2 is 1.83 bits per heavy atom. The first-order chi connectivity index (χ1) is 14.7. The summed E-state index contributed by atoms with van der Waals surface area (Å²) in [5.74, 6) is 0.386. The van der Waals surface area contributed by atoms with E-state index in [-0.39, 0.29) is 5.82 Å². The van der Waals surface area contributed by atoms with Crippen molar-refractivity contribution in [2.45, 2.75) is 0 Å². The molecule has 0 spiro atoms. The fraction of sp³-hybridized carbons (Fsp3) is 0.217. The second-order valence-corrected chi connectivity index (χ2v) is 7.39. The molecule has 5 rings (SSSR count). The summed E-state index contributed by atoms with van der Waals surface area (Å²) in [5.41, 5.74) is 4.71. The highest BCUT2D eigenvalue weighted by Gasteiger charge is 2.13. The summed E-state index contributed by atoms with van der Waals surface area (Å²) < 4.78 is 21.5. The van der Waals surface area contributed by atoms with Crippen molar-refractivity contribution in [1.82, 2.24) is 14.8 Å². The first kappa shape index (κ1) is 18.6. The maximum Gasteiger partial charge on any atom is 0.130 e. The van der Waals surface area contributed by atoms with E-state index in [1.54, 1.807) is 12.3 Å². The molecular formula is C23H22FN5O. The van der Waals surface area contributed by atoms with Gasteiger partial charge < -0.3 is 15.0 Å². The molecule has 4 aromatic rings. The molecule has 0 atom stereocenters. The van der Waals surface area contributed by atoms with Crippen molar-refractivity contribution >= 4 is 28.1 Å². The highest BCUT2D eigenvalue weighted by molar-refractivity contribution is 5.85. The minimum Gasteiger partial charge on any atom is -0.378 e. The maximum atomic E-state index is 14.3. The van der Waals surface area contributed by atoms with Crippen molar-refractivity contribution in [2.24, 2.45) is 7.05 Å². The van der Waals surface area contributed by atoms with Crippen LogP contribution in [0.25, 0.3) is 22.0 Å². The number of hydrogen-bond donors (Lipinski definition) is 1. The third-order valence-corrected chi connectivity index (χ3v) is 5.37. The topological polar surface area (TPSA) is 55.2 Å². The summed E-state index contributed by atoms with van der Waals surface area (Å²) in [4.78, 5) is 6.54. The quantitative estimate of drug-likeness (QED) is 0.549. The van der Waals surface area contributed by atoms with E-state index in [4.69, 9.17) is 4.74 Å². The highest BCUT2D eigenvalue weighted by atomic mass is 19.1. The number of fused-ring (bicyclic) bond motifs is 1. The van der Waals surface area contributed by atoms with Gasteiger partial charge in [-0.25, -0.2) is 9.37 Å². The molecule has 2 aromatic carbocycles. The molecule has 7 heteroatoms. The number of nitrogens with zero attached hydrogens (tertiary/aromatic N) is 4. The zero-order valence-corrected chi connectivity index (χ0v) is 16.7. The smallest absolute Gasteiger partial charge is 0.130 e. The third kappa shape index (κ3) is 3.71. The lowest BCUT2D eigenvalue weighted by molar-refractivity contribution is 0.122. The summed E-state index contributed by atoms with van der Waals surface area (Å²) in [5, 5.41) is 8.64. The van der Waals surface area contributed by atoms with Crippen LogP contribution in [0.15, 0.2) is 60.9 Å². The van der Waals surface area contributed by atoms with Gasteiger partial charge in [-0.1, -0.05) is 6.07 Å². The lowest BCUT2D eigenvalue weighted by Crippen LogP contribution is -2.36. The Kier molecular flexibility index (Phi) is 4.80. The van der Waals surface area contributed by atoms with Crippen molar-refractivity contribution in [1.29, 1.82) is 0 Å². The number of benzene rings is 2. The molecule has 1 fully saturated rings. The Morgan fingerprint density at radius 3 is 2.70 bits per heavy atom. The molecule has 0 aliphatic carbocycles. The number of rotatable bonds is 4. The second kappa shape index (κ2) is 7.76. The number of aryl methyl sites for hydroxylation is 1. The lowest BCUT2D eigenvalue weighted by Gasteiger charge is -2.29. The first-order valence-electron chi connectivity index (χ1n) is 9.94. The van der Waals surface area contributed by atoms with Crippen LogP contribution in [0, 0.1) is 5.82 Å². The van der Waals surface area contributed by atoms with Crippen molar-refractivity contribution in [3.63, 3.8) is 0 Å². The third-order valence-electron chi connectivity index (χ3n) is 5.37. The van der Waals surface area contributed by atoms with Crippen LogP contribution in [-0.2, 0) is 11.8 Å². The summed E-state index contributed by atoms with van der Waals surface area (Å²) >= 11 is 0. The van der Waals surface area contributed by atoms with Crippen LogP contribution in [0.1, 0.15) is 0 Å². The molecule has 0 radical (unpaired) electrons. The molecule has 1 N–H and O–H groups in total. The average Bonchev–Trinajstić information content (AvgIpc) is 3.14. The molecule has 152 valence electrons. The van der Waals surface area contributed by atoms with Gasteiger partial charge in [0, 0.05) is 43.1 Å². The van der Waals surface area contributed by atoms with Crippen LogP contribution in [0.4, 0.5) is 21.6 Å². The number of ether oxygens (including phenoxy) is 1. The number of pyridine rings is 1. The van der Waals surface area contributed by atoms with E-state index in [2.05, 4.69) is 38.5 Å². The summed E-state index contributed by atoms with van der Waals surface area (Å²) in [6, 6.07) is 15.2.